The molecule has 1 N–H and O–H groups in total. The highest BCUT2D eigenvalue weighted by molar-refractivity contribution is 8.01. The van der Waals surface area contributed by atoms with Crippen molar-refractivity contribution in [1.29, 1.82) is 0 Å². The third-order valence-electron chi connectivity index (χ3n) is 3.72. The topological polar surface area (TPSA) is 54.9 Å². The normalized spacial score (nSPS) is 10.8. The Morgan fingerprint density at radius 1 is 1.12 bits per heavy atom. The number of ketones is 1. The molecule has 134 valence electrons. The Bertz CT molecular complexity index is 959. The van der Waals surface area contributed by atoms with Crippen LogP contribution in [0.1, 0.15) is 21.5 Å². The number of carbonyl (C=O) groups is 1. The van der Waals surface area contributed by atoms with Gasteiger partial charge < -0.3 is 5.32 Å². The van der Waals surface area contributed by atoms with E-state index in [0.29, 0.717) is 9.47 Å². The quantitative estimate of drug-likeness (QED) is 0.465. The van der Waals surface area contributed by atoms with Crippen molar-refractivity contribution in [1.82, 2.24) is 10.2 Å². The molecule has 0 spiro atoms. The minimum atomic E-state index is -0.730. The Kier molecular flexibility index (Phi) is 5.63. The van der Waals surface area contributed by atoms with Crippen molar-refractivity contribution in [2.45, 2.75) is 18.2 Å². The second-order valence-corrected chi connectivity index (χ2v) is 7.83. The van der Waals surface area contributed by atoms with E-state index >= 15 is 0 Å². The highest BCUT2D eigenvalue weighted by Crippen LogP contribution is 2.29. The van der Waals surface area contributed by atoms with Crippen LogP contribution in [0, 0.1) is 25.5 Å². The van der Waals surface area contributed by atoms with Gasteiger partial charge in [-0.15, -0.1) is 10.2 Å². The molecule has 26 heavy (non-hydrogen) atoms. The Labute approximate surface area is 157 Å². The van der Waals surface area contributed by atoms with Gasteiger partial charge >= 0.3 is 0 Å². The molecule has 0 amide bonds. The minimum Gasteiger partial charge on any atom is -0.330 e. The lowest BCUT2D eigenvalue weighted by Crippen LogP contribution is -2.05. The summed E-state index contributed by atoms with van der Waals surface area (Å²) in [4.78, 5) is 12.1. The first-order valence-electron chi connectivity index (χ1n) is 7.71. The van der Waals surface area contributed by atoms with Crippen molar-refractivity contribution in [3.05, 3.63) is 64.7 Å². The van der Waals surface area contributed by atoms with Gasteiger partial charge in [0.2, 0.25) is 5.13 Å². The van der Waals surface area contributed by atoms with E-state index in [1.165, 1.54) is 16.9 Å². The molecule has 0 aliphatic rings. The van der Waals surface area contributed by atoms with E-state index in [9.17, 15) is 13.6 Å². The summed E-state index contributed by atoms with van der Waals surface area (Å²) in [6, 6.07) is 8.82. The molecule has 8 heteroatoms. The number of hydrogen-bond acceptors (Lipinski definition) is 6. The fourth-order valence-corrected chi connectivity index (χ4v) is 3.83. The van der Waals surface area contributed by atoms with Gasteiger partial charge in [-0.25, -0.2) is 8.78 Å². The van der Waals surface area contributed by atoms with E-state index < -0.39 is 17.4 Å². The number of thioether (sulfide) groups is 1. The summed E-state index contributed by atoms with van der Waals surface area (Å²) in [5, 5.41) is 11.8. The fourth-order valence-electron chi connectivity index (χ4n) is 2.18. The van der Waals surface area contributed by atoms with E-state index in [4.69, 9.17) is 0 Å². The number of hydrogen-bond donors (Lipinski definition) is 1. The first kappa shape index (κ1) is 18.5. The lowest BCUT2D eigenvalue weighted by molar-refractivity contribution is 0.101. The minimum absolute atomic E-state index is 0.0430. The van der Waals surface area contributed by atoms with Crippen LogP contribution >= 0.6 is 23.1 Å². The van der Waals surface area contributed by atoms with E-state index in [0.717, 1.165) is 41.2 Å². The van der Waals surface area contributed by atoms with E-state index in [1.54, 1.807) is 0 Å². The molecular weight excluding hydrogens is 376 g/mol. The first-order valence-corrected chi connectivity index (χ1v) is 9.51. The van der Waals surface area contributed by atoms with Crippen molar-refractivity contribution in [3.8, 4) is 0 Å². The summed E-state index contributed by atoms with van der Waals surface area (Å²) in [5.74, 6) is -1.91. The number of benzene rings is 2. The van der Waals surface area contributed by atoms with E-state index in [-0.39, 0.29) is 11.3 Å². The molecule has 0 saturated carbocycles. The van der Waals surface area contributed by atoms with Crippen LogP contribution in [0.4, 0.5) is 19.6 Å². The highest BCUT2D eigenvalue weighted by atomic mass is 32.2. The average Bonchev–Trinajstić information content (AvgIpc) is 3.05. The summed E-state index contributed by atoms with van der Waals surface area (Å²) >= 11 is 2.43. The molecule has 0 unspecified atom stereocenters. The van der Waals surface area contributed by atoms with Gasteiger partial charge in [-0.1, -0.05) is 29.2 Å². The van der Waals surface area contributed by atoms with Crippen LogP contribution in [-0.4, -0.2) is 21.7 Å². The third-order valence-corrected chi connectivity index (χ3v) is 5.69. The van der Waals surface area contributed by atoms with Crippen LogP contribution in [-0.2, 0) is 0 Å². The number of carbonyl (C=O) groups excluding carboxylic acids is 1. The second kappa shape index (κ2) is 7.92. The molecule has 0 aliphatic carbocycles. The first-order chi connectivity index (χ1) is 12.4. The number of anilines is 2. The molecule has 1 aromatic heterocycles. The standard InChI is InChI=1S/C18H15F2N3OS2/c1-10-3-5-13(7-11(10)2)21-17-22-23-18(26-17)25-9-16(24)14-8-12(19)4-6-15(14)20/h3-8H,9H2,1-2H3,(H,21,22). The molecule has 0 fully saturated rings. The summed E-state index contributed by atoms with van der Waals surface area (Å²) < 4.78 is 27.4. The zero-order chi connectivity index (χ0) is 18.7. The van der Waals surface area contributed by atoms with Crippen LogP contribution in [0.25, 0.3) is 0 Å². The van der Waals surface area contributed by atoms with Gasteiger partial charge in [-0.3, -0.25) is 4.79 Å². The molecule has 0 bridgehead atoms. The van der Waals surface area contributed by atoms with Gasteiger partial charge in [0.25, 0.3) is 0 Å². The molecular formula is C18H15F2N3OS2. The van der Waals surface area contributed by atoms with Gasteiger partial charge in [0.15, 0.2) is 10.1 Å². The molecule has 0 radical (unpaired) electrons. The number of halogens is 2. The van der Waals surface area contributed by atoms with Crippen LogP contribution in [0.5, 0.6) is 0 Å². The van der Waals surface area contributed by atoms with Gasteiger partial charge in [-0.05, 0) is 55.3 Å². The van der Waals surface area contributed by atoms with Crippen molar-refractivity contribution in [3.63, 3.8) is 0 Å². The van der Waals surface area contributed by atoms with Gasteiger partial charge in [0.1, 0.15) is 11.6 Å². The molecule has 0 atom stereocenters. The van der Waals surface area contributed by atoms with Crippen LogP contribution in [0.3, 0.4) is 0 Å². The third kappa shape index (κ3) is 4.44. The number of aryl methyl sites for hydroxylation is 2. The molecule has 3 rings (SSSR count). The second-order valence-electron chi connectivity index (χ2n) is 5.63. The molecule has 0 saturated heterocycles. The number of nitrogens with one attached hydrogen (secondary N) is 1. The largest absolute Gasteiger partial charge is 0.330 e. The molecule has 4 nitrogen and oxygen atoms in total. The molecule has 3 aromatic rings. The maximum atomic E-state index is 13.6. The lowest BCUT2D eigenvalue weighted by Gasteiger charge is -2.05. The maximum Gasteiger partial charge on any atom is 0.210 e. The van der Waals surface area contributed by atoms with Crippen LogP contribution in [0.15, 0.2) is 40.7 Å². The smallest absolute Gasteiger partial charge is 0.210 e. The Morgan fingerprint density at radius 3 is 2.69 bits per heavy atom. The van der Waals surface area contributed by atoms with E-state index in [2.05, 4.69) is 15.5 Å². The summed E-state index contributed by atoms with van der Waals surface area (Å²) in [6.07, 6.45) is 0. The van der Waals surface area contributed by atoms with Gasteiger partial charge in [0, 0.05) is 5.69 Å². The van der Waals surface area contributed by atoms with Crippen molar-refractivity contribution in [2.75, 3.05) is 11.1 Å². The monoisotopic (exact) mass is 391 g/mol. The van der Waals surface area contributed by atoms with Gasteiger partial charge in [-0.2, -0.15) is 0 Å². The predicted octanol–water partition coefficient (Wildman–Crippen LogP) is 5.15. The SMILES string of the molecule is Cc1ccc(Nc2nnc(SCC(=O)c3cc(F)ccc3F)s2)cc1C. The number of rotatable bonds is 6. The fraction of sp³-hybridized carbons (Fsp3) is 0.167. The molecule has 1 heterocycles. The van der Waals surface area contributed by atoms with Gasteiger partial charge in [0.05, 0.1) is 11.3 Å². The zero-order valence-electron chi connectivity index (χ0n) is 14.0. The summed E-state index contributed by atoms with van der Waals surface area (Å²) in [6.45, 7) is 4.07. The molecule has 0 aliphatic heterocycles. The Morgan fingerprint density at radius 2 is 1.92 bits per heavy atom. The maximum absolute atomic E-state index is 13.6. The number of nitrogens with zero attached hydrogens (tertiary/aromatic N) is 2. The number of aromatic nitrogens is 2. The summed E-state index contributed by atoms with van der Waals surface area (Å²) in [7, 11) is 0. The van der Waals surface area contributed by atoms with Crippen molar-refractivity contribution >= 4 is 39.7 Å². The predicted molar refractivity (Wildman–Crippen MR) is 101 cm³/mol. The van der Waals surface area contributed by atoms with Crippen molar-refractivity contribution in [2.24, 2.45) is 0 Å². The van der Waals surface area contributed by atoms with E-state index in [1.807, 2.05) is 32.0 Å². The Balaban J connectivity index is 1.62. The Hall–Kier alpha value is -2.32. The zero-order valence-corrected chi connectivity index (χ0v) is 15.7. The van der Waals surface area contributed by atoms with Crippen LogP contribution < -0.4 is 5.32 Å². The average molecular weight is 391 g/mol. The lowest BCUT2D eigenvalue weighted by atomic mass is 10.1. The molecule has 2 aromatic carbocycles. The number of Topliss-reactive ketones (excluding diaryl/α,β-unsaturated/α-hetero) is 1. The van der Waals surface area contributed by atoms with Crippen LogP contribution in [0.2, 0.25) is 0 Å². The summed E-state index contributed by atoms with van der Waals surface area (Å²) in [5.41, 5.74) is 3.01. The van der Waals surface area contributed by atoms with Crippen molar-refractivity contribution < 1.29 is 13.6 Å². The highest BCUT2D eigenvalue weighted by Gasteiger charge is 2.15.